The van der Waals surface area contributed by atoms with Crippen LogP contribution in [0.15, 0.2) is 24.3 Å². The lowest BCUT2D eigenvalue weighted by atomic mass is 9.81. The number of ether oxygens (including phenoxy) is 1. The van der Waals surface area contributed by atoms with Crippen molar-refractivity contribution in [3.63, 3.8) is 0 Å². The highest BCUT2D eigenvalue weighted by atomic mass is 16.5. The van der Waals surface area contributed by atoms with E-state index in [2.05, 4.69) is 26.1 Å². The number of benzene rings is 1. The van der Waals surface area contributed by atoms with Crippen LogP contribution in [0.1, 0.15) is 27.7 Å². The molecule has 1 atom stereocenters. The first-order chi connectivity index (χ1) is 7.84. The number of hydrogen-bond donors (Lipinski definition) is 1. The van der Waals surface area contributed by atoms with Gasteiger partial charge in [0.05, 0.1) is 7.11 Å². The lowest BCUT2D eigenvalue weighted by molar-refractivity contribution is -0.122. The maximum atomic E-state index is 12.0. The zero-order valence-corrected chi connectivity index (χ0v) is 11.2. The van der Waals surface area contributed by atoms with Gasteiger partial charge in [-0.1, -0.05) is 33.8 Å². The summed E-state index contributed by atoms with van der Waals surface area (Å²) in [6.45, 7) is 8.12. The van der Waals surface area contributed by atoms with Crippen LogP contribution >= 0.6 is 0 Å². The molecule has 1 unspecified atom stereocenters. The number of carbonyl (C=O) groups excluding carboxylic acids is 1. The molecule has 0 heterocycles. The van der Waals surface area contributed by atoms with Crippen LogP contribution in [-0.4, -0.2) is 13.0 Å². The van der Waals surface area contributed by atoms with Crippen LogP contribution in [0.3, 0.4) is 0 Å². The molecule has 1 N–H and O–H groups in total. The average Bonchev–Trinajstić information content (AvgIpc) is 2.27. The molecule has 0 aliphatic heterocycles. The Hall–Kier alpha value is -1.51. The average molecular weight is 235 g/mol. The summed E-state index contributed by atoms with van der Waals surface area (Å²) in [5.74, 6) is 0.727. The molecule has 0 aromatic heterocycles. The molecule has 0 fully saturated rings. The first kappa shape index (κ1) is 13.6. The van der Waals surface area contributed by atoms with Crippen molar-refractivity contribution in [1.29, 1.82) is 0 Å². The fourth-order valence-electron chi connectivity index (χ4n) is 1.34. The third-order valence-electron chi connectivity index (χ3n) is 3.03. The van der Waals surface area contributed by atoms with Crippen LogP contribution < -0.4 is 10.1 Å². The number of anilines is 1. The number of amides is 1. The van der Waals surface area contributed by atoms with E-state index in [4.69, 9.17) is 4.74 Å². The maximum Gasteiger partial charge on any atom is 0.227 e. The number of rotatable bonds is 3. The van der Waals surface area contributed by atoms with Gasteiger partial charge in [-0.25, -0.2) is 0 Å². The summed E-state index contributed by atoms with van der Waals surface area (Å²) >= 11 is 0. The normalized spacial score (nSPS) is 13.0. The summed E-state index contributed by atoms with van der Waals surface area (Å²) in [6, 6.07) is 7.38. The van der Waals surface area contributed by atoms with Gasteiger partial charge in [-0.2, -0.15) is 0 Å². The van der Waals surface area contributed by atoms with Gasteiger partial charge in [0.1, 0.15) is 5.75 Å². The van der Waals surface area contributed by atoms with Crippen LogP contribution in [0, 0.1) is 11.3 Å². The molecule has 3 nitrogen and oxygen atoms in total. The van der Waals surface area contributed by atoms with E-state index in [1.807, 2.05) is 31.2 Å². The van der Waals surface area contributed by atoms with E-state index >= 15 is 0 Å². The van der Waals surface area contributed by atoms with Crippen molar-refractivity contribution in [2.24, 2.45) is 11.3 Å². The second kappa shape index (κ2) is 5.21. The monoisotopic (exact) mass is 235 g/mol. The van der Waals surface area contributed by atoms with Crippen molar-refractivity contribution in [3.05, 3.63) is 24.3 Å². The number of hydrogen-bond acceptors (Lipinski definition) is 2. The smallest absolute Gasteiger partial charge is 0.227 e. The van der Waals surface area contributed by atoms with E-state index < -0.39 is 0 Å². The summed E-state index contributed by atoms with van der Waals surface area (Å²) in [6.07, 6.45) is 0. The minimum atomic E-state index is -0.0475. The van der Waals surface area contributed by atoms with Crippen molar-refractivity contribution in [2.45, 2.75) is 27.7 Å². The standard InChI is InChI=1S/C14H21NO2/c1-10(14(2,3)4)13(16)15-11-7-6-8-12(9-11)17-5/h6-10H,1-5H3,(H,15,16). The molecule has 0 saturated heterocycles. The van der Waals surface area contributed by atoms with Crippen molar-refractivity contribution in [2.75, 3.05) is 12.4 Å². The zero-order valence-electron chi connectivity index (χ0n) is 11.2. The van der Waals surface area contributed by atoms with Crippen molar-refractivity contribution in [3.8, 4) is 5.75 Å². The van der Waals surface area contributed by atoms with Gasteiger partial charge in [0.15, 0.2) is 0 Å². The zero-order chi connectivity index (χ0) is 13.1. The van der Waals surface area contributed by atoms with Gasteiger partial charge >= 0.3 is 0 Å². The molecular weight excluding hydrogens is 214 g/mol. The first-order valence-electron chi connectivity index (χ1n) is 5.79. The maximum absolute atomic E-state index is 12.0. The lowest BCUT2D eigenvalue weighted by Gasteiger charge is -2.26. The van der Waals surface area contributed by atoms with Crippen molar-refractivity contribution >= 4 is 11.6 Å². The van der Waals surface area contributed by atoms with Gasteiger partial charge in [-0.05, 0) is 17.5 Å². The predicted molar refractivity (Wildman–Crippen MR) is 70.2 cm³/mol. The van der Waals surface area contributed by atoms with Gasteiger partial charge < -0.3 is 10.1 Å². The Morgan fingerprint density at radius 1 is 1.35 bits per heavy atom. The molecule has 94 valence electrons. The molecule has 0 saturated carbocycles. The molecular formula is C14H21NO2. The van der Waals surface area contributed by atoms with Gasteiger partial charge in [-0.15, -0.1) is 0 Å². The Morgan fingerprint density at radius 3 is 2.53 bits per heavy atom. The highest BCUT2D eigenvalue weighted by Crippen LogP contribution is 2.27. The number of carbonyl (C=O) groups is 1. The molecule has 1 rings (SSSR count). The summed E-state index contributed by atoms with van der Waals surface area (Å²) in [4.78, 5) is 12.0. The highest BCUT2D eigenvalue weighted by Gasteiger charge is 2.26. The molecule has 0 spiro atoms. The number of methoxy groups -OCH3 is 1. The van der Waals surface area contributed by atoms with Crippen LogP contribution in [0.5, 0.6) is 5.75 Å². The largest absolute Gasteiger partial charge is 0.497 e. The second-order valence-corrected chi connectivity index (χ2v) is 5.31. The quantitative estimate of drug-likeness (QED) is 0.872. The van der Waals surface area contributed by atoms with Crippen molar-refractivity contribution < 1.29 is 9.53 Å². The van der Waals surface area contributed by atoms with Gasteiger partial charge in [0.2, 0.25) is 5.91 Å². The molecule has 0 radical (unpaired) electrons. The minimum absolute atomic E-state index is 0.0331. The van der Waals surface area contributed by atoms with Gasteiger partial charge in [0.25, 0.3) is 0 Å². The Bertz CT molecular complexity index is 393. The third-order valence-corrected chi connectivity index (χ3v) is 3.03. The van der Waals surface area contributed by atoms with E-state index in [1.165, 1.54) is 0 Å². The minimum Gasteiger partial charge on any atom is -0.497 e. The van der Waals surface area contributed by atoms with Crippen LogP contribution in [0.25, 0.3) is 0 Å². The van der Waals surface area contributed by atoms with E-state index in [0.29, 0.717) is 0 Å². The first-order valence-corrected chi connectivity index (χ1v) is 5.79. The molecule has 17 heavy (non-hydrogen) atoms. The fraction of sp³-hybridized carbons (Fsp3) is 0.500. The van der Waals surface area contributed by atoms with Crippen LogP contribution in [0.2, 0.25) is 0 Å². The SMILES string of the molecule is COc1cccc(NC(=O)C(C)C(C)(C)C)c1. The molecule has 0 aliphatic carbocycles. The topological polar surface area (TPSA) is 38.3 Å². The Labute approximate surface area is 103 Å². The van der Waals surface area contributed by atoms with E-state index in [0.717, 1.165) is 11.4 Å². The molecule has 1 amide bonds. The van der Waals surface area contributed by atoms with Gasteiger partial charge in [0, 0.05) is 17.7 Å². The van der Waals surface area contributed by atoms with Gasteiger partial charge in [-0.3, -0.25) is 4.79 Å². The summed E-state index contributed by atoms with van der Waals surface area (Å²) in [7, 11) is 1.61. The van der Waals surface area contributed by atoms with Crippen LogP contribution in [-0.2, 0) is 4.79 Å². The van der Waals surface area contributed by atoms with Crippen LogP contribution in [0.4, 0.5) is 5.69 Å². The van der Waals surface area contributed by atoms with E-state index in [-0.39, 0.29) is 17.2 Å². The molecule has 0 aliphatic rings. The second-order valence-electron chi connectivity index (χ2n) is 5.31. The van der Waals surface area contributed by atoms with Crippen molar-refractivity contribution in [1.82, 2.24) is 0 Å². The highest BCUT2D eigenvalue weighted by molar-refractivity contribution is 5.92. The fourth-order valence-corrected chi connectivity index (χ4v) is 1.34. The Kier molecular flexibility index (Phi) is 4.16. The summed E-state index contributed by atoms with van der Waals surface area (Å²) in [5, 5.41) is 2.90. The molecule has 1 aromatic rings. The Morgan fingerprint density at radius 2 is 2.00 bits per heavy atom. The number of nitrogens with one attached hydrogen (secondary N) is 1. The Balaban J connectivity index is 2.74. The third kappa shape index (κ3) is 3.77. The van der Waals surface area contributed by atoms with E-state index in [1.54, 1.807) is 7.11 Å². The lowest BCUT2D eigenvalue weighted by Crippen LogP contribution is -2.30. The molecule has 0 bridgehead atoms. The van der Waals surface area contributed by atoms with E-state index in [9.17, 15) is 4.79 Å². The summed E-state index contributed by atoms with van der Waals surface area (Å²) < 4.78 is 5.11. The molecule has 1 aromatic carbocycles. The predicted octanol–water partition coefficient (Wildman–Crippen LogP) is 3.32. The summed E-state index contributed by atoms with van der Waals surface area (Å²) in [5.41, 5.74) is 0.730. The molecule has 3 heteroatoms.